The molecule has 1 saturated heterocycles. The van der Waals surface area contributed by atoms with E-state index in [4.69, 9.17) is 0 Å². The van der Waals surface area contributed by atoms with Crippen LogP contribution in [-0.4, -0.2) is 35.3 Å². The van der Waals surface area contributed by atoms with E-state index in [-0.39, 0.29) is 24.4 Å². The van der Waals surface area contributed by atoms with Gasteiger partial charge in [0.15, 0.2) is 0 Å². The van der Waals surface area contributed by atoms with Crippen molar-refractivity contribution in [1.29, 1.82) is 0 Å². The maximum absolute atomic E-state index is 12.9. The second-order valence-corrected chi connectivity index (χ2v) is 6.64. The normalized spacial score (nSPS) is 23.3. The highest BCUT2D eigenvalue weighted by Crippen LogP contribution is 2.41. The van der Waals surface area contributed by atoms with E-state index in [0.29, 0.717) is 6.42 Å². The first-order valence-electron chi connectivity index (χ1n) is 8.50. The molecule has 3 rings (SSSR count). The van der Waals surface area contributed by atoms with Gasteiger partial charge in [0.05, 0.1) is 0 Å². The number of imide groups is 1. The van der Waals surface area contributed by atoms with E-state index in [0.717, 1.165) is 35.3 Å². The first-order chi connectivity index (χ1) is 11.5. The van der Waals surface area contributed by atoms with Gasteiger partial charge in [0.2, 0.25) is 5.91 Å². The van der Waals surface area contributed by atoms with E-state index < -0.39 is 11.6 Å². The number of nitrogens with one attached hydrogen (secondary N) is 2. The second-order valence-electron chi connectivity index (χ2n) is 6.64. The van der Waals surface area contributed by atoms with Crippen molar-refractivity contribution in [2.24, 2.45) is 0 Å². The minimum Gasteiger partial charge on any atom is -0.352 e. The van der Waals surface area contributed by atoms with Crippen molar-refractivity contribution in [3.8, 4) is 0 Å². The third-order valence-corrected chi connectivity index (χ3v) is 4.85. The van der Waals surface area contributed by atoms with Crippen LogP contribution in [0.4, 0.5) is 4.79 Å². The molecule has 2 aliphatic rings. The molecular formula is C18H23N3O3. The van der Waals surface area contributed by atoms with E-state index in [1.807, 2.05) is 38.1 Å². The molecule has 0 unspecified atom stereocenters. The Hall–Kier alpha value is -2.37. The summed E-state index contributed by atoms with van der Waals surface area (Å²) in [4.78, 5) is 38.4. The average molecular weight is 329 g/mol. The summed E-state index contributed by atoms with van der Waals surface area (Å²) in [5.74, 6) is -0.626. The summed E-state index contributed by atoms with van der Waals surface area (Å²) in [6, 6.07) is 7.20. The Bertz CT molecular complexity index is 688. The Morgan fingerprint density at radius 1 is 1.38 bits per heavy atom. The first-order valence-corrected chi connectivity index (χ1v) is 8.50. The lowest BCUT2D eigenvalue weighted by molar-refractivity contribution is -0.135. The lowest BCUT2D eigenvalue weighted by Crippen LogP contribution is -2.45. The van der Waals surface area contributed by atoms with Crippen LogP contribution in [0.2, 0.25) is 0 Å². The van der Waals surface area contributed by atoms with Crippen LogP contribution in [0.1, 0.15) is 44.2 Å². The van der Waals surface area contributed by atoms with Crippen molar-refractivity contribution in [2.45, 2.75) is 51.1 Å². The number of benzene rings is 1. The third-order valence-electron chi connectivity index (χ3n) is 4.85. The zero-order valence-corrected chi connectivity index (χ0v) is 14.1. The number of nitrogens with zero attached hydrogens (tertiary/aromatic N) is 1. The van der Waals surface area contributed by atoms with Gasteiger partial charge in [0.25, 0.3) is 5.91 Å². The SMILES string of the molecule is CCC[C@@H](C)NC(=O)CN1C(=O)N[C@]2(CCc3ccccc32)C1=O. The van der Waals surface area contributed by atoms with Gasteiger partial charge in [-0.25, -0.2) is 4.79 Å². The fraction of sp³-hybridized carbons (Fsp3) is 0.500. The Morgan fingerprint density at radius 2 is 2.12 bits per heavy atom. The molecule has 0 radical (unpaired) electrons. The van der Waals surface area contributed by atoms with Gasteiger partial charge in [-0.2, -0.15) is 0 Å². The smallest absolute Gasteiger partial charge is 0.325 e. The van der Waals surface area contributed by atoms with Crippen LogP contribution in [0.25, 0.3) is 0 Å². The fourth-order valence-electron chi connectivity index (χ4n) is 3.70. The predicted octanol–water partition coefficient (Wildman–Crippen LogP) is 1.68. The van der Waals surface area contributed by atoms with Gasteiger partial charge in [-0.15, -0.1) is 0 Å². The molecule has 1 fully saturated rings. The maximum atomic E-state index is 12.9. The molecule has 0 bridgehead atoms. The number of aryl methyl sites for hydroxylation is 1. The van der Waals surface area contributed by atoms with Crippen molar-refractivity contribution in [3.63, 3.8) is 0 Å². The third kappa shape index (κ3) is 2.66. The van der Waals surface area contributed by atoms with Gasteiger partial charge >= 0.3 is 6.03 Å². The lowest BCUT2D eigenvalue weighted by Gasteiger charge is -2.22. The molecule has 6 nitrogen and oxygen atoms in total. The highest BCUT2D eigenvalue weighted by atomic mass is 16.2. The van der Waals surface area contributed by atoms with Crippen LogP contribution in [0, 0.1) is 0 Å². The molecule has 0 saturated carbocycles. The molecule has 1 spiro atoms. The molecule has 2 atom stereocenters. The lowest BCUT2D eigenvalue weighted by atomic mass is 9.92. The quantitative estimate of drug-likeness (QED) is 0.807. The number of rotatable bonds is 5. The van der Waals surface area contributed by atoms with E-state index in [1.54, 1.807) is 0 Å². The number of urea groups is 1. The summed E-state index contributed by atoms with van der Waals surface area (Å²) in [5, 5.41) is 5.66. The number of amides is 4. The van der Waals surface area contributed by atoms with Crippen LogP contribution in [0.5, 0.6) is 0 Å². The summed E-state index contributed by atoms with van der Waals surface area (Å²) in [6.45, 7) is 3.73. The number of hydrogen-bond donors (Lipinski definition) is 2. The highest BCUT2D eigenvalue weighted by molar-refractivity contribution is 6.09. The molecule has 24 heavy (non-hydrogen) atoms. The van der Waals surface area contributed by atoms with Gasteiger partial charge in [-0.3, -0.25) is 14.5 Å². The number of fused-ring (bicyclic) bond motifs is 2. The molecule has 1 aliphatic carbocycles. The largest absolute Gasteiger partial charge is 0.352 e. The molecule has 128 valence electrons. The topological polar surface area (TPSA) is 78.5 Å². The Balaban J connectivity index is 1.75. The highest BCUT2D eigenvalue weighted by Gasteiger charge is 2.55. The molecule has 2 N–H and O–H groups in total. The monoisotopic (exact) mass is 329 g/mol. The molecule has 1 aromatic rings. The Kier molecular flexibility index (Phi) is 4.30. The van der Waals surface area contributed by atoms with Gasteiger partial charge in [0.1, 0.15) is 12.1 Å². The van der Waals surface area contributed by atoms with Crippen molar-refractivity contribution in [3.05, 3.63) is 35.4 Å². The predicted molar refractivity (Wildman–Crippen MR) is 89.2 cm³/mol. The Labute approximate surface area is 141 Å². The van der Waals surface area contributed by atoms with Gasteiger partial charge < -0.3 is 10.6 Å². The van der Waals surface area contributed by atoms with E-state index in [2.05, 4.69) is 10.6 Å². The van der Waals surface area contributed by atoms with Crippen molar-refractivity contribution >= 4 is 17.8 Å². The van der Waals surface area contributed by atoms with Gasteiger partial charge in [-0.1, -0.05) is 37.6 Å². The Morgan fingerprint density at radius 3 is 2.88 bits per heavy atom. The van der Waals surface area contributed by atoms with E-state index in [1.165, 1.54) is 0 Å². The number of carbonyl (C=O) groups excluding carboxylic acids is 3. The summed E-state index contributed by atoms with van der Waals surface area (Å²) in [6.07, 6.45) is 3.12. The molecule has 1 aromatic carbocycles. The zero-order chi connectivity index (χ0) is 17.3. The summed E-state index contributed by atoms with van der Waals surface area (Å²) < 4.78 is 0. The standard InChI is InChI=1S/C18H23N3O3/c1-3-6-12(2)19-15(22)11-21-16(23)18(20-17(21)24)10-9-13-7-4-5-8-14(13)18/h4-5,7-8,12H,3,6,9-11H2,1-2H3,(H,19,22)(H,20,24)/t12-,18+/m1/s1. The second kappa shape index (κ2) is 6.26. The summed E-state index contributed by atoms with van der Waals surface area (Å²) in [5.41, 5.74) is 0.933. The van der Waals surface area contributed by atoms with Gasteiger partial charge in [0, 0.05) is 6.04 Å². The van der Waals surface area contributed by atoms with Crippen LogP contribution < -0.4 is 10.6 Å². The molecule has 4 amide bonds. The molecule has 1 aliphatic heterocycles. The minimum absolute atomic E-state index is 0.0319. The molecule has 6 heteroatoms. The first kappa shape index (κ1) is 16.5. The number of carbonyl (C=O) groups is 3. The van der Waals surface area contributed by atoms with Crippen LogP contribution >= 0.6 is 0 Å². The van der Waals surface area contributed by atoms with Crippen LogP contribution in [-0.2, 0) is 21.5 Å². The van der Waals surface area contributed by atoms with Crippen LogP contribution in [0.3, 0.4) is 0 Å². The van der Waals surface area contributed by atoms with E-state index >= 15 is 0 Å². The molecule has 0 aromatic heterocycles. The summed E-state index contributed by atoms with van der Waals surface area (Å²) >= 11 is 0. The van der Waals surface area contributed by atoms with E-state index in [9.17, 15) is 14.4 Å². The number of hydrogen-bond acceptors (Lipinski definition) is 3. The maximum Gasteiger partial charge on any atom is 0.325 e. The van der Waals surface area contributed by atoms with Crippen molar-refractivity contribution in [2.75, 3.05) is 6.54 Å². The molecule has 1 heterocycles. The van der Waals surface area contributed by atoms with Crippen molar-refractivity contribution in [1.82, 2.24) is 15.5 Å². The average Bonchev–Trinajstić information content (AvgIpc) is 3.02. The fourth-order valence-corrected chi connectivity index (χ4v) is 3.70. The molecular weight excluding hydrogens is 306 g/mol. The van der Waals surface area contributed by atoms with Gasteiger partial charge in [-0.05, 0) is 37.3 Å². The minimum atomic E-state index is -0.997. The zero-order valence-electron chi connectivity index (χ0n) is 14.1. The summed E-state index contributed by atoms with van der Waals surface area (Å²) in [7, 11) is 0. The van der Waals surface area contributed by atoms with Crippen molar-refractivity contribution < 1.29 is 14.4 Å². The van der Waals surface area contributed by atoms with Crippen LogP contribution in [0.15, 0.2) is 24.3 Å².